The maximum Gasteiger partial charge on any atom is 0.274 e. The topological polar surface area (TPSA) is 71.8 Å². The number of nitrogens with zero attached hydrogens (tertiary/aromatic N) is 3. The molecule has 1 amide bonds. The number of rotatable bonds is 3. The van der Waals surface area contributed by atoms with Crippen molar-refractivity contribution in [3.8, 4) is 0 Å². The summed E-state index contributed by atoms with van der Waals surface area (Å²) in [6.45, 7) is 8.41. The van der Waals surface area contributed by atoms with Crippen molar-refractivity contribution in [3.63, 3.8) is 0 Å². The van der Waals surface area contributed by atoms with Crippen molar-refractivity contribution in [1.82, 2.24) is 25.6 Å². The second-order valence-electron chi connectivity index (χ2n) is 7.65. The van der Waals surface area contributed by atoms with E-state index in [1.807, 2.05) is 11.6 Å². The molecule has 6 nitrogen and oxygen atoms in total. The Labute approximate surface area is 138 Å². The van der Waals surface area contributed by atoms with Gasteiger partial charge in [-0.3, -0.25) is 4.79 Å². The minimum absolute atomic E-state index is 0.0697. The Hall–Kier alpha value is -1.43. The largest absolute Gasteiger partial charge is 0.345 e. The van der Waals surface area contributed by atoms with E-state index in [1.54, 1.807) is 0 Å². The normalized spacial score (nSPS) is 29.4. The van der Waals surface area contributed by atoms with Gasteiger partial charge in [-0.1, -0.05) is 12.1 Å². The third-order valence-electron chi connectivity index (χ3n) is 5.59. The molecular weight excluding hydrogens is 290 g/mol. The third kappa shape index (κ3) is 3.57. The first kappa shape index (κ1) is 16.4. The summed E-state index contributed by atoms with van der Waals surface area (Å²) in [5, 5.41) is 15.0. The molecule has 0 atom stereocenters. The molecule has 1 aromatic rings. The minimum atomic E-state index is -0.103. The SMILES string of the molecule is Cc1c(C(=O)NC2(C)CCC(C)CC2)nnn1C1CCNCC1. The standard InChI is InChI=1S/C17H29N5O/c1-12-4-8-17(3,9-5-12)19-16(23)15-13(2)22(21-20-15)14-6-10-18-11-7-14/h12,14,18H,4-11H2,1-3H3,(H,19,23). The fourth-order valence-corrected chi connectivity index (χ4v) is 3.81. The molecule has 1 saturated carbocycles. The highest BCUT2D eigenvalue weighted by molar-refractivity contribution is 5.93. The molecule has 2 fully saturated rings. The van der Waals surface area contributed by atoms with Gasteiger partial charge < -0.3 is 10.6 Å². The monoisotopic (exact) mass is 319 g/mol. The van der Waals surface area contributed by atoms with Crippen LogP contribution in [0.3, 0.4) is 0 Å². The van der Waals surface area contributed by atoms with Gasteiger partial charge in [-0.15, -0.1) is 5.10 Å². The van der Waals surface area contributed by atoms with Gasteiger partial charge in [0.1, 0.15) is 0 Å². The first-order valence-electron chi connectivity index (χ1n) is 8.93. The molecule has 2 heterocycles. The summed E-state index contributed by atoms with van der Waals surface area (Å²) in [6.07, 6.45) is 6.53. The minimum Gasteiger partial charge on any atom is -0.345 e. The predicted molar refractivity (Wildman–Crippen MR) is 89.4 cm³/mol. The predicted octanol–water partition coefficient (Wildman–Crippen LogP) is 2.21. The van der Waals surface area contributed by atoms with Crippen LogP contribution in [0.2, 0.25) is 0 Å². The molecule has 0 aromatic carbocycles. The van der Waals surface area contributed by atoms with E-state index >= 15 is 0 Å². The lowest BCUT2D eigenvalue weighted by Gasteiger charge is -2.36. The zero-order valence-corrected chi connectivity index (χ0v) is 14.6. The van der Waals surface area contributed by atoms with Crippen LogP contribution in [0.15, 0.2) is 0 Å². The van der Waals surface area contributed by atoms with E-state index in [1.165, 1.54) is 12.8 Å². The summed E-state index contributed by atoms with van der Waals surface area (Å²) < 4.78 is 1.95. The molecule has 2 N–H and O–H groups in total. The van der Waals surface area contributed by atoms with E-state index < -0.39 is 0 Å². The van der Waals surface area contributed by atoms with Gasteiger partial charge in [0.25, 0.3) is 5.91 Å². The first-order valence-corrected chi connectivity index (χ1v) is 8.93. The lowest BCUT2D eigenvalue weighted by atomic mass is 9.78. The van der Waals surface area contributed by atoms with Crippen LogP contribution < -0.4 is 10.6 Å². The summed E-state index contributed by atoms with van der Waals surface area (Å²) in [4.78, 5) is 12.7. The number of amides is 1. The lowest BCUT2D eigenvalue weighted by Crippen LogP contribution is -2.48. The zero-order chi connectivity index (χ0) is 16.4. The molecule has 0 bridgehead atoms. The molecule has 1 saturated heterocycles. The van der Waals surface area contributed by atoms with E-state index in [9.17, 15) is 4.79 Å². The molecule has 0 radical (unpaired) electrons. The van der Waals surface area contributed by atoms with Crippen LogP contribution in [-0.4, -0.2) is 39.5 Å². The Kier molecular flexibility index (Phi) is 4.71. The third-order valence-corrected chi connectivity index (χ3v) is 5.59. The van der Waals surface area contributed by atoms with Crippen molar-refractivity contribution in [2.24, 2.45) is 5.92 Å². The van der Waals surface area contributed by atoms with Gasteiger partial charge in [-0.05, 0) is 71.4 Å². The summed E-state index contributed by atoms with van der Waals surface area (Å²) >= 11 is 0. The van der Waals surface area contributed by atoms with Gasteiger partial charge in [-0.25, -0.2) is 4.68 Å². The number of aromatic nitrogens is 3. The quantitative estimate of drug-likeness (QED) is 0.896. The Bertz CT molecular complexity index is 553. The van der Waals surface area contributed by atoms with E-state index in [-0.39, 0.29) is 11.4 Å². The van der Waals surface area contributed by atoms with Crippen LogP contribution in [0.1, 0.15) is 74.6 Å². The van der Waals surface area contributed by atoms with Crippen LogP contribution in [0.25, 0.3) is 0 Å². The number of hydrogen-bond acceptors (Lipinski definition) is 4. The van der Waals surface area contributed by atoms with Crippen LogP contribution >= 0.6 is 0 Å². The molecule has 23 heavy (non-hydrogen) atoms. The number of carbonyl (C=O) groups excluding carboxylic acids is 1. The van der Waals surface area contributed by atoms with E-state index in [0.717, 1.165) is 50.4 Å². The molecule has 1 aromatic heterocycles. The van der Waals surface area contributed by atoms with Crippen molar-refractivity contribution in [3.05, 3.63) is 11.4 Å². The Morgan fingerprint density at radius 2 is 1.91 bits per heavy atom. The van der Waals surface area contributed by atoms with Crippen LogP contribution in [0.5, 0.6) is 0 Å². The number of carbonyl (C=O) groups is 1. The highest BCUT2D eigenvalue weighted by Gasteiger charge is 2.33. The summed E-state index contributed by atoms with van der Waals surface area (Å²) in [5.74, 6) is 0.697. The second kappa shape index (κ2) is 6.59. The van der Waals surface area contributed by atoms with E-state index in [0.29, 0.717) is 11.7 Å². The van der Waals surface area contributed by atoms with Crippen molar-refractivity contribution in [1.29, 1.82) is 0 Å². The Morgan fingerprint density at radius 3 is 2.57 bits per heavy atom. The smallest absolute Gasteiger partial charge is 0.274 e. The highest BCUT2D eigenvalue weighted by atomic mass is 16.2. The van der Waals surface area contributed by atoms with Crippen LogP contribution in [0.4, 0.5) is 0 Å². The molecule has 6 heteroatoms. The van der Waals surface area contributed by atoms with E-state index in [4.69, 9.17) is 0 Å². The zero-order valence-electron chi connectivity index (χ0n) is 14.6. The molecule has 3 rings (SSSR count). The molecule has 1 aliphatic heterocycles. The molecular formula is C17H29N5O. The maximum absolute atomic E-state index is 12.7. The summed E-state index contributed by atoms with van der Waals surface area (Å²) in [7, 11) is 0. The van der Waals surface area contributed by atoms with Gasteiger partial charge in [0.05, 0.1) is 11.7 Å². The van der Waals surface area contributed by atoms with Gasteiger partial charge in [0, 0.05) is 5.54 Å². The van der Waals surface area contributed by atoms with Gasteiger partial charge in [0.15, 0.2) is 5.69 Å². The molecule has 1 aliphatic carbocycles. The van der Waals surface area contributed by atoms with Crippen molar-refractivity contribution >= 4 is 5.91 Å². The fourth-order valence-electron chi connectivity index (χ4n) is 3.81. The average molecular weight is 319 g/mol. The van der Waals surface area contributed by atoms with Gasteiger partial charge in [-0.2, -0.15) is 0 Å². The number of nitrogens with one attached hydrogen (secondary N) is 2. The Balaban J connectivity index is 1.69. The first-order chi connectivity index (χ1) is 11.0. The highest BCUT2D eigenvalue weighted by Crippen LogP contribution is 2.31. The Morgan fingerprint density at radius 1 is 1.26 bits per heavy atom. The maximum atomic E-state index is 12.7. The molecule has 0 unspecified atom stereocenters. The van der Waals surface area contributed by atoms with E-state index in [2.05, 4.69) is 34.8 Å². The molecule has 128 valence electrons. The van der Waals surface area contributed by atoms with Gasteiger partial charge in [0.2, 0.25) is 0 Å². The van der Waals surface area contributed by atoms with Crippen molar-refractivity contribution in [2.45, 2.75) is 70.9 Å². The van der Waals surface area contributed by atoms with Crippen LogP contribution in [0, 0.1) is 12.8 Å². The summed E-state index contributed by atoms with van der Waals surface area (Å²) in [5.41, 5.74) is 1.28. The fraction of sp³-hybridized carbons (Fsp3) is 0.824. The van der Waals surface area contributed by atoms with Crippen molar-refractivity contribution in [2.75, 3.05) is 13.1 Å². The van der Waals surface area contributed by atoms with Crippen molar-refractivity contribution < 1.29 is 4.79 Å². The lowest BCUT2D eigenvalue weighted by molar-refractivity contribution is 0.0864. The molecule has 2 aliphatic rings. The van der Waals surface area contributed by atoms with Crippen LogP contribution in [-0.2, 0) is 0 Å². The number of hydrogen-bond donors (Lipinski definition) is 2. The summed E-state index contributed by atoms with van der Waals surface area (Å²) in [6, 6.07) is 0.358. The van der Waals surface area contributed by atoms with Gasteiger partial charge >= 0.3 is 0 Å². The average Bonchev–Trinajstić information content (AvgIpc) is 2.93. The second-order valence-corrected chi connectivity index (χ2v) is 7.65. The number of piperidine rings is 1. The molecule has 0 spiro atoms.